The van der Waals surface area contributed by atoms with E-state index < -0.39 is 0 Å². The number of benzene rings is 1. The third-order valence-corrected chi connectivity index (χ3v) is 1.04. The van der Waals surface area contributed by atoms with Gasteiger partial charge >= 0.3 is 58.2 Å². The summed E-state index contributed by atoms with van der Waals surface area (Å²) in [5.41, 5.74) is 11.2. The Kier molecular flexibility index (Phi) is 4.52. The van der Waals surface area contributed by atoms with E-state index in [2.05, 4.69) is 0 Å². The quantitative estimate of drug-likeness (QED) is 0.445. The van der Waals surface area contributed by atoms with Crippen molar-refractivity contribution in [2.24, 2.45) is 0 Å². The van der Waals surface area contributed by atoms with Crippen LogP contribution in [0.5, 0.6) is 5.75 Å². The van der Waals surface area contributed by atoms with E-state index in [1.807, 2.05) is 0 Å². The Hall–Kier alpha value is 0.425. The van der Waals surface area contributed by atoms with Crippen molar-refractivity contribution in [1.82, 2.24) is 0 Å². The molecule has 4 heteroatoms. The topological polar surface area (TPSA) is 75.1 Å². The van der Waals surface area contributed by atoms with E-state index >= 15 is 0 Å². The fourth-order valence-corrected chi connectivity index (χ4v) is 0.551. The van der Waals surface area contributed by atoms with Gasteiger partial charge in [0.15, 0.2) is 0 Å². The standard InChI is InChI=1S/C6H8N2O.Rb/c7-4-1-2-5(8)6(9)3-4;/h1-3,9H,7-8H2;/q;+1/p-1. The largest absolute Gasteiger partial charge is 1.00 e. The van der Waals surface area contributed by atoms with Crippen LogP contribution >= 0.6 is 0 Å². The monoisotopic (exact) mass is 208 g/mol. The van der Waals surface area contributed by atoms with Gasteiger partial charge in [-0.2, -0.15) is 0 Å². The van der Waals surface area contributed by atoms with Crippen molar-refractivity contribution in [1.29, 1.82) is 0 Å². The second-order valence-corrected chi connectivity index (χ2v) is 1.80. The first-order valence-corrected chi connectivity index (χ1v) is 2.52. The van der Waals surface area contributed by atoms with Crippen LogP contribution in [0.15, 0.2) is 18.2 Å². The molecule has 0 spiro atoms. The summed E-state index contributed by atoms with van der Waals surface area (Å²) in [6.45, 7) is 0. The molecule has 1 aromatic carbocycles. The molecular weight excluding hydrogens is 202 g/mol. The van der Waals surface area contributed by atoms with Gasteiger partial charge in [0, 0.05) is 11.4 Å². The molecular formula is C6H7N2ORb. The van der Waals surface area contributed by atoms with Crippen molar-refractivity contribution in [3.05, 3.63) is 18.2 Å². The fraction of sp³-hybridized carbons (Fsp3) is 0. The van der Waals surface area contributed by atoms with Gasteiger partial charge < -0.3 is 16.6 Å². The van der Waals surface area contributed by atoms with Gasteiger partial charge in [0.2, 0.25) is 0 Å². The Balaban J connectivity index is 0.000000810. The maximum Gasteiger partial charge on any atom is 1.00 e. The molecule has 0 saturated heterocycles. The average Bonchev–Trinajstić information content (AvgIpc) is 1.80. The van der Waals surface area contributed by atoms with Gasteiger partial charge in [-0.3, -0.25) is 0 Å². The minimum atomic E-state index is -0.213. The molecule has 0 unspecified atom stereocenters. The van der Waals surface area contributed by atoms with Crippen molar-refractivity contribution in [3.63, 3.8) is 0 Å². The Morgan fingerprint density at radius 1 is 1.20 bits per heavy atom. The van der Waals surface area contributed by atoms with E-state index in [4.69, 9.17) is 11.5 Å². The summed E-state index contributed by atoms with van der Waals surface area (Å²) in [7, 11) is 0. The minimum absolute atomic E-state index is 0. The smallest absolute Gasteiger partial charge is 0.871 e. The molecule has 0 aliphatic heterocycles. The van der Waals surface area contributed by atoms with E-state index in [0.29, 0.717) is 5.69 Å². The second-order valence-electron chi connectivity index (χ2n) is 1.80. The van der Waals surface area contributed by atoms with E-state index in [9.17, 15) is 5.11 Å². The summed E-state index contributed by atoms with van der Waals surface area (Å²) in [4.78, 5) is 0. The number of hydrogen-bond acceptors (Lipinski definition) is 3. The molecule has 0 fully saturated rings. The Morgan fingerprint density at radius 3 is 2.20 bits per heavy atom. The van der Waals surface area contributed by atoms with Crippen molar-refractivity contribution in [3.8, 4) is 5.75 Å². The minimum Gasteiger partial charge on any atom is -0.871 e. The van der Waals surface area contributed by atoms with E-state index in [1.165, 1.54) is 12.1 Å². The van der Waals surface area contributed by atoms with Gasteiger partial charge in [-0.1, -0.05) is 5.75 Å². The van der Waals surface area contributed by atoms with Gasteiger partial charge in [0.05, 0.1) is 0 Å². The molecule has 1 aromatic rings. The average molecular weight is 209 g/mol. The van der Waals surface area contributed by atoms with Gasteiger partial charge in [-0.05, 0) is 18.2 Å². The molecule has 0 aliphatic carbocycles. The van der Waals surface area contributed by atoms with Crippen LogP contribution in [0.25, 0.3) is 0 Å². The third-order valence-electron chi connectivity index (χ3n) is 1.04. The molecule has 1 rings (SSSR count). The molecule has 4 N–H and O–H groups in total. The normalized spacial score (nSPS) is 8.40. The summed E-state index contributed by atoms with van der Waals surface area (Å²) in [6, 6.07) is 4.39. The van der Waals surface area contributed by atoms with Crippen LogP contribution in [0.2, 0.25) is 0 Å². The summed E-state index contributed by atoms with van der Waals surface area (Å²) in [5.74, 6) is -0.213. The number of nitrogen functional groups attached to an aromatic ring is 2. The van der Waals surface area contributed by atoms with Gasteiger partial charge in [-0.15, -0.1) is 0 Å². The summed E-state index contributed by atoms with van der Waals surface area (Å²) < 4.78 is 0. The zero-order chi connectivity index (χ0) is 6.85. The van der Waals surface area contributed by atoms with Crippen LogP contribution < -0.4 is 74.8 Å². The van der Waals surface area contributed by atoms with Crippen LogP contribution in [0, 0.1) is 0 Å². The molecule has 48 valence electrons. The first-order chi connectivity index (χ1) is 4.20. The van der Waals surface area contributed by atoms with Crippen molar-refractivity contribution in [2.75, 3.05) is 11.5 Å². The molecule has 0 aromatic heterocycles. The maximum atomic E-state index is 10.6. The van der Waals surface area contributed by atoms with Gasteiger partial charge in [0.1, 0.15) is 0 Å². The summed E-state index contributed by atoms with van der Waals surface area (Å²) in [6.07, 6.45) is 0. The molecule has 0 saturated carbocycles. The van der Waals surface area contributed by atoms with Crippen molar-refractivity contribution >= 4 is 11.4 Å². The SMILES string of the molecule is Nc1ccc(N)c([O-])c1.[Rb+]. The number of anilines is 2. The number of rotatable bonds is 0. The number of nitrogens with two attached hydrogens (primary N) is 2. The van der Waals surface area contributed by atoms with Crippen LogP contribution in [0.1, 0.15) is 0 Å². The summed E-state index contributed by atoms with van der Waals surface area (Å²) in [5, 5.41) is 10.6. The van der Waals surface area contributed by atoms with E-state index in [1.54, 1.807) is 6.07 Å². The van der Waals surface area contributed by atoms with Crippen LogP contribution in [0.4, 0.5) is 11.4 Å². The third kappa shape index (κ3) is 2.58. The predicted molar refractivity (Wildman–Crippen MR) is 34.7 cm³/mol. The Morgan fingerprint density at radius 2 is 1.80 bits per heavy atom. The first kappa shape index (κ1) is 10.4. The Labute approximate surface area is 108 Å². The molecule has 0 atom stereocenters. The molecule has 10 heavy (non-hydrogen) atoms. The first-order valence-electron chi connectivity index (χ1n) is 2.52. The zero-order valence-electron chi connectivity index (χ0n) is 5.79. The van der Waals surface area contributed by atoms with Gasteiger partial charge in [0.25, 0.3) is 0 Å². The van der Waals surface area contributed by atoms with Crippen molar-refractivity contribution in [2.45, 2.75) is 0 Å². The van der Waals surface area contributed by atoms with Gasteiger partial charge in [-0.25, -0.2) is 0 Å². The van der Waals surface area contributed by atoms with E-state index in [0.717, 1.165) is 0 Å². The number of hydrogen-bond donors (Lipinski definition) is 2. The van der Waals surface area contributed by atoms with Crippen LogP contribution in [-0.4, -0.2) is 0 Å². The van der Waals surface area contributed by atoms with Crippen molar-refractivity contribution < 1.29 is 63.3 Å². The van der Waals surface area contributed by atoms with Crippen LogP contribution in [0.3, 0.4) is 0 Å². The molecule has 0 bridgehead atoms. The summed E-state index contributed by atoms with van der Waals surface area (Å²) >= 11 is 0. The Bertz CT molecular complexity index is 227. The molecule has 0 amide bonds. The molecule has 3 nitrogen and oxygen atoms in total. The molecule has 0 aliphatic rings. The fourth-order valence-electron chi connectivity index (χ4n) is 0.551. The van der Waals surface area contributed by atoms with E-state index in [-0.39, 0.29) is 69.6 Å². The maximum absolute atomic E-state index is 10.6. The van der Waals surface area contributed by atoms with Crippen LogP contribution in [-0.2, 0) is 0 Å². The molecule has 0 radical (unpaired) electrons. The molecule has 0 heterocycles. The zero-order valence-corrected chi connectivity index (χ0v) is 10.7. The second kappa shape index (κ2) is 4.33. The predicted octanol–water partition coefficient (Wildman–Crippen LogP) is -3.07.